The molecule has 5 nitrogen and oxygen atoms in total. The molecule has 0 aromatic rings. The van der Waals surface area contributed by atoms with Gasteiger partial charge in [-0.05, 0) is 0 Å². The molecule has 0 bridgehead atoms. The Labute approximate surface area is 95.1 Å². The van der Waals surface area contributed by atoms with E-state index in [0.29, 0.717) is 0 Å². The molecule has 0 aromatic carbocycles. The average Bonchev–Trinajstić information content (AvgIpc) is 1.66. The molecule has 0 radical (unpaired) electrons. The molecule has 0 heterocycles. The lowest BCUT2D eigenvalue weighted by Crippen LogP contribution is -2.48. The smallest absolute Gasteiger partial charge is 0.197 e. The predicted molar refractivity (Wildman–Crippen MR) is 40.7 cm³/mol. The molecule has 0 rings (SSSR count). The van der Waals surface area contributed by atoms with Gasteiger partial charge in [0, 0.05) is 0 Å². The first-order valence-corrected chi connectivity index (χ1v) is 6.81. The molecule has 0 amide bonds. The number of rotatable bonds is 3. The maximum atomic E-state index is 11.9. The van der Waals surface area contributed by atoms with Gasteiger partial charge in [0.25, 0.3) is 5.25 Å². The van der Waals surface area contributed by atoms with Crippen LogP contribution in [0.5, 0.6) is 0 Å². The molecule has 0 aliphatic carbocycles. The van der Waals surface area contributed by atoms with Crippen molar-refractivity contribution in [3.63, 3.8) is 0 Å². The zero-order valence-electron chi connectivity index (χ0n) is 7.08. The summed E-state index contributed by atoms with van der Waals surface area (Å²) >= 11 is 0. The van der Waals surface area contributed by atoms with Crippen LogP contribution in [0.15, 0.2) is 0 Å². The number of alkyl halides is 6. The highest BCUT2D eigenvalue weighted by Gasteiger charge is 2.65. The molecule has 0 unspecified atom stereocenters. The second-order valence-electron chi connectivity index (χ2n) is 2.42. The summed E-state index contributed by atoms with van der Waals surface area (Å²) in [5, 5.41) is -5.00. The molecule has 0 aliphatic heterocycles. The average molecular weight is 331 g/mol. The van der Waals surface area contributed by atoms with E-state index >= 15 is 0 Å². The van der Waals surface area contributed by atoms with Gasteiger partial charge in [0.15, 0.2) is 0 Å². The summed E-state index contributed by atoms with van der Waals surface area (Å²) < 4.78 is 115. The van der Waals surface area contributed by atoms with E-state index in [1.54, 1.807) is 0 Å². The van der Waals surface area contributed by atoms with Crippen molar-refractivity contribution < 1.29 is 46.8 Å². The molecule has 0 atom stereocenters. The summed E-state index contributed by atoms with van der Waals surface area (Å²) in [6.07, 6.45) is -12.6. The van der Waals surface area contributed by atoms with Crippen molar-refractivity contribution in [1.82, 2.24) is 0 Å². The van der Waals surface area contributed by atoms with Crippen LogP contribution in [0.25, 0.3) is 0 Å². The van der Waals surface area contributed by atoms with Crippen molar-refractivity contribution >= 4 is 30.1 Å². The summed E-state index contributed by atoms with van der Waals surface area (Å²) in [5.41, 5.74) is 0. The molecule has 104 valence electrons. The van der Waals surface area contributed by atoms with Gasteiger partial charge in [0.05, 0.1) is 10.7 Å². The topological polar surface area (TPSA) is 77.5 Å². The highest BCUT2D eigenvalue weighted by molar-refractivity contribution is 8.15. The first kappa shape index (κ1) is 16.7. The monoisotopic (exact) mass is 330 g/mol. The van der Waals surface area contributed by atoms with Crippen molar-refractivity contribution in [1.29, 1.82) is 0 Å². The van der Waals surface area contributed by atoms with E-state index in [1.807, 2.05) is 0 Å². The lowest BCUT2D eigenvalue weighted by Gasteiger charge is -2.21. The van der Waals surface area contributed by atoms with Crippen LogP contribution in [0.1, 0.15) is 0 Å². The van der Waals surface area contributed by atoms with E-state index in [1.165, 1.54) is 0 Å². The Morgan fingerprint density at radius 3 is 1.35 bits per heavy atom. The van der Waals surface area contributed by atoms with Crippen molar-refractivity contribution in [3.8, 4) is 0 Å². The van der Waals surface area contributed by atoms with Crippen LogP contribution < -0.4 is 0 Å². The molecule has 0 aliphatic rings. The van der Waals surface area contributed by atoms with Gasteiger partial charge in [0.1, 0.15) is 0 Å². The molecule has 0 saturated heterocycles. The summed E-state index contributed by atoms with van der Waals surface area (Å²) in [4.78, 5) is 0. The van der Waals surface area contributed by atoms with Crippen LogP contribution in [-0.2, 0) is 23.1 Å². The van der Waals surface area contributed by atoms with Gasteiger partial charge in [-0.25, -0.2) is 0 Å². The van der Waals surface area contributed by atoms with Crippen LogP contribution in [-0.4, -0.2) is 34.4 Å². The van der Waals surface area contributed by atoms with E-state index in [2.05, 4.69) is 14.3 Å². The molecule has 14 heteroatoms. The van der Waals surface area contributed by atoms with Gasteiger partial charge in [-0.3, -0.25) is 0 Å². The van der Waals surface area contributed by atoms with Crippen LogP contribution >= 0.6 is 10.7 Å². The fourth-order valence-corrected chi connectivity index (χ4v) is 3.19. The van der Waals surface area contributed by atoms with Gasteiger partial charge in [-0.15, -0.1) is 3.63 Å². The summed E-state index contributed by atoms with van der Waals surface area (Å²) in [5.74, 6) is 0. The highest BCUT2D eigenvalue weighted by Crippen LogP contribution is 2.39. The molecule has 0 N–H and O–H groups in total. The number of hydrogen-bond donors (Lipinski definition) is 0. The molecular formula is C3HClF6O5S2. The second kappa shape index (κ2) is 4.44. The van der Waals surface area contributed by atoms with Gasteiger partial charge < -0.3 is 0 Å². The molecular weight excluding hydrogens is 330 g/mol. The molecule has 0 saturated carbocycles. The van der Waals surface area contributed by atoms with Crippen LogP contribution in [0.4, 0.5) is 26.3 Å². The zero-order valence-corrected chi connectivity index (χ0v) is 9.47. The maximum absolute atomic E-state index is 11.9. The largest absolute Gasteiger partial charge is 0.416 e. The Morgan fingerprint density at radius 2 is 1.18 bits per heavy atom. The summed E-state index contributed by atoms with van der Waals surface area (Å²) in [6.45, 7) is 0. The fraction of sp³-hybridized carbons (Fsp3) is 1.00. The van der Waals surface area contributed by atoms with Crippen molar-refractivity contribution in [2.45, 2.75) is 17.6 Å². The maximum Gasteiger partial charge on any atom is 0.416 e. The minimum absolute atomic E-state index is 2.61. The Morgan fingerprint density at radius 1 is 0.882 bits per heavy atom. The lowest BCUT2D eigenvalue weighted by molar-refractivity contribution is -0.227. The van der Waals surface area contributed by atoms with E-state index < -0.39 is 37.1 Å². The van der Waals surface area contributed by atoms with Crippen molar-refractivity contribution in [2.24, 2.45) is 0 Å². The summed E-state index contributed by atoms with van der Waals surface area (Å²) in [6, 6.07) is 0. The van der Waals surface area contributed by atoms with Crippen LogP contribution in [0.3, 0.4) is 0 Å². The third-order valence-corrected chi connectivity index (χ3v) is 4.04. The SMILES string of the molecule is O=S(=O)(Cl)OS(=O)(=O)C(C(F)(F)F)C(F)(F)F. The van der Waals surface area contributed by atoms with Gasteiger partial charge >= 0.3 is 31.8 Å². The third kappa shape index (κ3) is 5.27. The highest BCUT2D eigenvalue weighted by atomic mass is 35.7. The van der Waals surface area contributed by atoms with Gasteiger partial charge in [0.2, 0.25) is 0 Å². The van der Waals surface area contributed by atoms with E-state index in [-0.39, 0.29) is 0 Å². The number of hydrogen-bond acceptors (Lipinski definition) is 5. The number of halogens is 7. The third-order valence-electron chi connectivity index (χ3n) is 1.06. The van der Waals surface area contributed by atoms with E-state index in [4.69, 9.17) is 0 Å². The Kier molecular flexibility index (Phi) is 4.37. The molecule has 17 heavy (non-hydrogen) atoms. The fourth-order valence-electron chi connectivity index (χ4n) is 0.665. The normalized spacial score (nSPS) is 15.3. The zero-order chi connectivity index (χ0) is 14.3. The van der Waals surface area contributed by atoms with Crippen LogP contribution in [0, 0.1) is 0 Å². The predicted octanol–water partition coefficient (Wildman–Crippen LogP) is 1.31. The van der Waals surface area contributed by atoms with E-state index in [0.717, 1.165) is 0 Å². The van der Waals surface area contributed by atoms with E-state index in [9.17, 15) is 43.2 Å². The Balaban J connectivity index is 5.68. The molecule has 0 spiro atoms. The lowest BCUT2D eigenvalue weighted by atomic mass is 10.4. The van der Waals surface area contributed by atoms with Crippen LogP contribution in [0.2, 0.25) is 0 Å². The minimum Gasteiger partial charge on any atom is -0.197 e. The Bertz CT molecular complexity index is 459. The minimum atomic E-state index is -6.57. The molecule has 0 fully saturated rings. The van der Waals surface area contributed by atoms with Crippen molar-refractivity contribution in [2.75, 3.05) is 0 Å². The van der Waals surface area contributed by atoms with Crippen molar-refractivity contribution in [3.05, 3.63) is 0 Å². The van der Waals surface area contributed by atoms with Gasteiger partial charge in [-0.1, -0.05) is 0 Å². The standard InChI is InChI=1S/C3HClF6O5S2/c4-17(13,14)15-16(11,12)1(2(5,6)7)3(8,9)10/h1H. The quantitative estimate of drug-likeness (QED) is 0.576. The Hall–Kier alpha value is -0.270. The first-order chi connectivity index (χ1) is 7.07. The summed E-state index contributed by atoms with van der Waals surface area (Å²) in [7, 11) is -8.03. The molecule has 0 aromatic heterocycles. The first-order valence-electron chi connectivity index (χ1n) is 3.10. The second-order valence-corrected chi connectivity index (χ2v) is 6.34. The van der Waals surface area contributed by atoms with Gasteiger partial charge in [-0.2, -0.15) is 43.2 Å².